The molecule has 1 heterocycles. The van der Waals surface area contributed by atoms with E-state index in [9.17, 15) is 4.79 Å². The second-order valence-corrected chi connectivity index (χ2v) is 6.98. The molecule has 0 unspecified atom stereocenters. The van der Waals surface area contributed by atoms with Gasteiger partial charge in [-0.05, 0) is 67.9 Å². The van der Waals surface area contributed by atoms with Gasteiger partial charge in [-0.2, -0.15) is 0 Å². The number of carbonyl (C=O) groups excluding carboxylic acids is 1. The summed E-state index contributed by atoms with van der Waals surface area (Å²) in [5, 5.41) is 0. The maximum atomic E-state index is 13.1. The molecule has 0 saturated carbocycles. The Morgan fingerprint density at radius 2 is 1.17 bits per heavy atom. The first-order chi connectivity index (χ1) is 14.1. The molecule has 0 N–H and O–H groups in total. The standard InChI is InChI=1S/C25H29NO3/c1-4-26-17-21(15-19-7-11-23(12-8-19)28-5-2)25(27)22(18-26)16-20-9-13-24(14-10-20)29-6-3/h7-16H,4-6,17-18H2,1-3H3/b21-15+,22-16+. The van der Waals surface area contributed by atoms with Gasteiger partial charge in [0.05, 0.1) is 13.2 Å². The predicted octanol–water partition coefficient (Wildman–Crippen LogP) is 4.86. The van der Waals surface area contributed by atoms with Gasteiger partial charge in [0.25, 0.3) is 0 Å². The van der Waals surface area contributed by atoms with Gasteiger partial charge in [0.15, 0.2) is 5.78 Å². The minimum atomic E-state index is 0.123. The Labute approximate surface area is 173 Å². The number of rotatable bonds is 7. The molecule has 152 valence electrons. The maximum absolute atomic E-state index is 13.1. The van der Waals surface area contributed by atoms with Gasteiger partial charge in [-0.15, -0.1) is 0 Å². The molecule has 4 nitrogen and oxygen atoms in total. The average molecular weight is 392 g/mol. The third-order valence-electron chi connectivity index (χ3n) is 4.88. The number of ketones is 1. The summed E-state index contributed by atoms with van der Waals surface area (Å²) in [6.07, 6.45) is 3.98. The molecule has 1 saturated heterocycles. The molecule has 0 aliphatic carbocycles. The van der Waals surface area contributed by atoms with Crippen molar-refractivity contribution in [3.05, 3.63) is 70.8 Å². The molecule has 0 amide bonds. The number of likely N-dealkylation sites (N-methyl/N-ethyl adjacent to an activating group) is 1. The second kappa shape index (κ2) is 10.1. The lowest BCUT2D eigenvalue weighted by molar-refractivity contribution is -0.113. The zero-order valence-electron chi connectivity index (χ0n) is 17.5. The van der Waals surface area contributed by atoms with E-state index in [0.29, 0.717) is 26.3 Å². The van der Waals surface area contributed by atoms with Crippen LogP contribution in [0.5, 0.6) is 11.5 Å². The quantitative estimate of drug-likeness (QED) is 0.632. The largest absolute Gasteiger partial charge is 0.494 e. The van der Waals surface area contributed by atoms with Gasteiger partial charge in [0, 0.05) is 24.2 Å². The fourth-order valence-corrected chi connectivity index (χ4v) is 3.39. The minimum absolute atomic E-state index is 0.123. The Balaban J connectivity index is 1.84. The molecule has 1 fully saturated rings. The van der Waals surface area contributed by atoms with Crippen LogP contribution < -0.4 is 9.47 Å². The number of piperidine rings is 1. The van der Waals surface area contributed by atoms with Crippen molar-refractivity contribution in [2.75, 3.05) is 32.8 Å². The van der Waals surface area contributed by atoms with Crippen molar-refractivity contribution < 1.29 is 14.3 Å². The van der Waals surface area contributed by atoms with Crippen LogP contribution in [-0.2, 0) is 4.79 Å². The molecule has 4 heteroatoms. The highest BCUT2D eigenvalue weighted by Crippen LogP contribution is 2.23. The molecule has 3 rings (SSSR count). The molecule has 29 heavy (non-hydrogen) atoms. The molecule has 1 aliphatic heterocycles. The van der Waals surface area contributed by atoms with Crippen molar-refractivity contribution in [1.82, 2.24) is 4.90 Å². The normalized spacial score (nSPS) is 17.7. The molecule has 2 aromatic rings. The highest BCUT2D eigenvalue weighted by molar-refractivity contribution is 6.14. The van der Waals surface area contributed by atoms with Crippen LogP contribution in [0, 0.1) is 0 Å². The van der Waals surface area contributed by atoms with Gasteiger partial charge in [0.2, 0.25) is 0 Å². The molecule has 0 spiro atoms. The van der Waals surface area contributed by atoms with Crippen LogP contribution in [0.4, 0.5) is 0 Å². The Hall–Kier alpha value is -2.85. The van der Waals surface area contributed by atoms with Crippen LogP contribution in [-0.4, -0.2) is 43.5 Å². The Morgan fingerprint density at radius 3 is 1.52 bits per heavy atom. The molecule has 0 bridgehead atoms. The topological polar surface area (TPSA) is 38.8 Å². The van der Waals surface area contributed by atoms with Gasteiger partial charge in [0.1, 0.15) is 11.5 Å². The van der Waals surface area contributed by atoms with E-state index in [2.05, 4.69) is 11.8 Å². The highest BCUT2D eigenvalue weighted by Gasteiger charge is 2.25. The lowest BCUT2D eigenvalue weighted by atomic mass is 9.94. The van der Waals surface area contributed by atoms with Crippen LogP contribution in [0.15, 0.2) is 59.7 Å². The molecule has 0 aromatic heterocycles. The Kier molecular flexibility index (Phi) is 7.25. The van der Waals surface area contributed by atoms with E-state index in [-0.39, 0.29) is 5.78 Å². The molecule has 1 aliphatic rings. The first kappa shape index (κ1) is 20.9. The second-order valence-electron chi connectivity index (χ2n) is 6.98. The van der Waals surface area contributed by atoms with E-state index >= 15 is 0 Å². The van der Waals surface area contributed by atoms with Crippen LogP contribution in [0.2, 0.25) is 0 Å². The third kappa shape index (κ3) is 5.58. The molecule has 0 radical (unpaired) electrons. The molecule has 0 atom stereocenters. The third-order valence-corrected chi connectivity index (χ3v) is 4.88. The fraction of sp³-hybridized carbons (Fsp3) is 0.320. The van der Waals surface area contributed by atoms with Crippen LogP contribution in [0.3, 0.4) is 0 Å². The molecule has 2 aromatic carbocycles. The summed E-state index contributed by atoms with van der Waals surface area (Å²) >= 11 is 0. The van der Waals surface area contributed by atoms with Crippen molar-refractivity contribution in [2.24, 2.45) is 0 Å². The summed E-state index contributed by atoms with van der Waals surface area (Å²) in [7, 11) is 0. The first-order valence-electron chi connectivity index (χ1n) is 10.3. The highest BCUT2D eigenvalue weighted by atomic mass is 16.5. The Morgan fingerprint density at radius 1 is 0.759 bits per heavy atom. The smallest absolute Gasteiger partial charge is 0.187 e. The summed E-state index contributed by atoms with van der Waals surface area (Å²) in [4.78, 5) is 15.4. The van der Waals surface area contributed by atoms with Gasteiger partial charge >= 0.3 is 0 Å². The number of nitrogens with zero attached hydrogens (tertiary/aromatic N) is 1. The van der Waals surface area contributed by atoms with E-state index < -0.39 is 0 Å². The number of benzene rings is 2. The zero-order chi connectivity index (χ0) is 20.6. The summed E-state index contributed by atoms with van der Waals surface area (Å²) in [6, 6.07) is 15.7. The number of hydrogen-bond donors (Lipinski definition) is 0. The van der Waals surface area contributed by atoms with Crippen LogP contribution >= 0.6 is 0 Å². The van der Waals surface area contributed by atoms with E-state index in [1.165, 1.54) is 0 Å². The Bertz CT molecular complexity index is 808. The lowest BCUT2D eigenvalue weighted by Gasteiger charge is -2.28. The monoisotopic (exact) mass is 391 g/mol. The molecular weight excluding hydrogens is 362 g/mol. The van der Waals surface area contributed by atoms with E-state index in [1.807, 2.05) is 74.5 Å². The van der Waals surface area contributed by atoms with Gasteiger partial charge in [-0.25, -0.2) is 0 Å². The van der Waals surface area contributed by atoms with Gasteiger partial charge in [-0.1, -0.05) is 31.2 Å². The minimum Gasteiger partial charge on any atom is -0.494 e. The summed E-state index contributed by atoms with van der Waals surface area (Å²) in [5.41, 5.74) is 3.66. The lowest BCUT2D eigenvalue weighted by Crippen LogP contribution is -2.37. The van der Waals surface area contributed by atoms with Gasteiger partial charge < -0.3 is 9.47 Å². The van der Waals surface area contributed by atoms with Crippen LogP contribution in [0.1, 0.15) is 31.9 Å². The van der Waals surface area contributed by atoms with Gasteiger partial charge in [-0.3, -0.25) is 9.69 Å². The predicted molar refractivity (Wildman–Crippen MR) is 118 cm³/mol. The van der Waals surface area contributed by atoms with E-state index in [1.54, 1.807) is 0 Å². The van der Waals surface area contributed by atoms with Crippen LogP contribution in [0.25, 0.3) is 12.2 Å². The zero-order valence-corrected chi connectivity index (χ0v) is 17.5. The molecular formula is C25H29NO3. The van der Waals surface area contributed by atoms with Crippen molar-refractivity contribution >= 4 is 17.9 Å². The van der Waals surface area contributed by atoms with Crippen molar-refractivity contribution in [3.8, 4) is 11.5 Å². The maximum Gasteiger partial charge on any atom is 0.187 e. The van der Waals surface area contributed by atoms with Crippen molar-refractivity contribution in [2.45, 2.75) is 20.8 Å². The van der Waals surface area contributed by atoms with Crippen molar-refractivity contribution in [3.63, 3.8) is 0 Å². The summed E-state index contributed by atoms with van der Waals surface area (Å²) in [6.45, 7) is 9.58. The van der Waals surface area contributed by atoms with Crippen molar-refractivity contribution in [1.29, 1.82) is 0 Å². The average Bonchev–Trinajstić information content (AvgIpc) is 2.74. The number of likely N-dealkylation sites (tertiary alicyclic amines) is 1. The number of carbonyl (C=O) groups is 1. The summed E-state index contributed by atoms with van der Waals surface area (Å²) in [5.74, 6) is 1.81. The van der Waals surface area contributed by atoms with E-state index in [0.717, 1.165) is 40.3 Å². The first-order valence-corrected chi connectivity index (χ1v) is 10.3. The number of ether oxygens (including phenoxy) is 2. The number of Topliss-reactive ketones (excluding diaryl/α,β-unsaturated/α-hetero) is 1. The van der Waals surface area contributed by atoms with E-state index in [4.69, 9.17) is 9.47 Å². The SMILES string of the molecule is CCOc1ccc(/C=C2\CN(CC)C/C(=C\c3ccc(OCC)cc3)C2=O)cc1. The fourth-order valence-electron chi connectivity index (χ4n) is 3.39. The number of hydrogen-bond acceptors (Lipinski definition) is 4. The summed E-state index contributed by atoms with van der Waals surface area (Å²) < 4.78 is 11.0.